The number of nitrogens with zero attached hydrogens (tertiary/aromatic N) is 2. The highest BCUT2D eigenvalue weighted by Gasteiger charge is 2.17. The number of hydrogen-bond donors (Lipinski definition) is 0. The van der Waals surface area contributed by atoms with E-state index < -0.39 is 0 Å². The molecule has 0 spiro atoms. The van der Waals surface area contributed by atoms with Crippen LogP contribution in [0.15, 0.2) is 9.22 Å². The summed E-state index contributed by atoms with van der Waals surface area (Å²) in [7, 11) is 0. The normalized spacial score (nSPS) is 14.4. The second kappa shape index (κ2) is 4.43. The molecular weight excluding hydrogens is 244 g/mol. The second-order valence-electron chi connectivity index (χ2n) is 5.02. The van der Waals surface area contributed by atoms with Crippen LogP contribution in [0.1, 0.15) is 40.0 Å². The minimum Gasteiger partial charge on any atom is -0.416 e. The van der Waals surface area contributed by atoms with Gasteiger partial charge >= 0.3 is 0 Å². The molecule has 3 nitrogen and oxygen atoms in total. The fourth-order valence-corrected chi connectivity index (χ4v) is 2.00. The average molecular weight is 261 g/mol. The summed E-state index contributed by atoms with van der Waals surface area (Å²) in [5, 5.41) is 7.69. The van der Waals surface area contributed by atoms with Crippen LogP contribution in [0.25, 0.3) is 0 Å². The van der Waals surface area contributed by atoms with E-state index in [2.05, 4.69) is 53.8 Å². The average Bonchev–Trinajstić information content (AvgIpc) is 2.30. The molecule has 1 heterocycles. The maximum atomic E-state index is 5.26. The maximum Gasteiger partial charge on any atom is 0.284 e. The molecule has 80 valence electrons. The van der Waals surface area contributed by atoms with Crippen molar-refractivity contribution in [3.8, 4) is 0 Å². The third kappa shape index (κ3) is 4.22. The summed E-state index contributed by atoms with van der Waals surface area (Å²) in [5.74, 6) is 1.29. The molecule has 0 saturated heterocycles. The lowest BCUT2D eigenvalue weighted by Crippen LogP contribution is -2.12. The van der Waals surface area contributed by atoms with Gasteiger partial charge in [-0.2, -0.15) is 0 Å². The predicted octanol–water partition coefficient (Wildman–Crippen LogP) is 3.45. The van der Waals surface area contributed by atoms with Crippen LogP contribution in [0.3, 0.4) is 0 Å². The Hall–Kier alpha value is -0.380. The first kappa shape index (κ1) is 11.7. The van der Waals surface area contributed by atoms with Crippen LogP contribution in [-0.4, -0.2) is 10.2 Å². The number of halogens is 1. The Morgan fingerprint density at radius 1 is 1.36 bits per heavy atom. The predicted molar refractivity (Wildman–Crippen MR) is 58.9 cm³/mol. The standard InChI is InChI=1S/C10H17BrN2O/c1-7(6-10(2,3)4)5-8-12-13-9(11)14-8/h7H,5-6H2,1-4H3. The highest BCUT2D eigenvalue weighted by atomic mass is 79.9. The van der Waals surface area contributed by atoms with Crippen LogP contribution < -0.4 is 0 Å². The minimum atomic E-state index is 0.358. The Kier molecular flexibility index (Phi) is 3.70. The molecule has 1 atom stereocenters. The quantitative estimate of drug-likeness (QED) is 0.836. The van der Waals surface area contributed by atoms with Gasteiger partial charge in [0, 0.05) is 22.4 Å². The summed E-state index contributed by atoms with van der Waals surface area (Å²) in [6.45, 7) is 8.94. The zero-order valence-electron chi connectivity index (χ0n) is 9.17. The summed E-state index contributed by atoms with van der Waals surface area (Å²) in [6.07, 6.45) is 2.02. The van der Waals surface area contributed by atoms with Gasteiger partial charge < -0.3 is 4.42 Å². The first-order valence-corrected chi connectivity index (χ1v) is 5.64. The van der Waals surface area contributed by atoms with Crippen molar-refractivity contribution >= 4 is 15.9 Å². The van der Waals surface area contributed by atoms with Crippen molar-refractivity contribution in [3.63, 3.8) is 0 Å². The van der Waals surface area contributed by atoms with Crippen LogP contribution in [-0.2, 0) is 6.42 Å². The third-order valence-electron chi connectivity index (χ3n) is 1.93. The molecule has 0 N–H and O–H groups in total. The van der Waals surface area contributed by atoms with E-state index >= 15 is 0 Å². The van der Waals surface area contributed by atoms with Crippen molar-refractivity contribution in [2.75, 3.05) is 0 Å². The van der Waals surface area contributed by atoms with Gasteiger partial charge in [0.1, 0.15) is 0 Å². The maximum absolute atomic E-state index is 5.26. The van der Waals surface area contributed by atoms with E-state index in [0.29, 0.717) is 22.0 Å². The fraction of sp³-hybridized carbons (Fsp3) is 0.800. The van der Waals surface area contributed by atoms with Gasteiger partial charge in [-0.3, -0.25) is 0 Å². The largest absolute Gasteiger partial charge is 0.416 e. The lowest BCUT2D eigenvalue weighted by molar-refractivity contribution is 0.292. The van der Waals surface area contributed by atoms with Crippen molar-refractivity contribution in [3.05, 3.63) is 10.7 Å². The van der Waals surface area contributed by atoms with Gasteiger partial charge in [0.15, 0.2) is 0 Å². The first-order valence-electron chi connectivity index (χ1n) is 4.85. The highest BCUT2D eigenvalue weighted by molar-refractivity contribution is 9.10. The molecule has 0 radical (unpaired) electrons. The fourth-order valence-electron chi connectivity index (χ4n) is 1.73. The molecule has 14 heavy (non-hydrogen) atoms. The van der Waals surface area contributed by atoms with Gasteiger partial charge in [-0.1, -0.05) is 27.7 Å². The molecule has 0 bridgehead atoms. The topological polar surface area (TPSA) is 38.9 Å². The van der Waals surface area contributed by atoms with E-state index in [1.54, 1.807) is 0 Å². The first-order chi connectivity index (χ1) is 6.37. The molecule has 0 aliphatic heterocycles. The van der Waals surface area contributed by atoms with Crippen molar-refractivity contribution in [1.29, 1.82) is 0 Å². The van der Waals surface area contributed by atoms with E-state index in [4.69, 9.17) is 4.42 Å². The number of hydrogen-bond acceptors (Lipinski definition) is 3. The number of rotatable bonds is 3. The number of aromatic nitrogens is 2. The van der Waals surface area contributed by atoms with Gasteiger partial charge in [0.05, 0.1) is 0 Å². The van der Waals surface area contributed by atoms with Crippen LogP contribution in [0, 0.1) is 11.3 Å². The monoisotopic (exact) mass is 260 g/mol. The van der Waals surface area contributed by atoms with Crippen molar-refractivity contribution < 1.29 is 4.42 Å². The summed E-state index contributed by atoms with van der Waals surface area (Å²) in [5.41, 5.74) is 0.358. The van der Waals surface area contributed by atoms with Gasteiger partial charge in [-0.05, 0) is 17.8 Å². The highest BCUT2D eigenvalue weighted by Crippen LogP contribution is 2.26. The molecule has 0 aliphatic rings. The lowest BCUT2D eigenvalue weighted by atomic mass is 9.84. The van der Waals surface area contributed by atoms with Gasteiger partial charge in [0.25, 0.3) is 4.80 Å². The van der Waals surface area contributed by atoms with Crippen LogP contribution in [0.4, 0.5) is 0 Å². The third-order valence-corrected chi connectivity index (χ3v) is 2.25. The van der Waals surface area contributed by atoms with E-state index in [-0.39, 0.29) is 0 Å². The smallest absolute Gasteiger partial charge is 0.284 e. The zero-order valence-corrected chi connectivity index (χ0v) is 10.8. The van der Waals surface area contributed by atoms with Gasteiger partial charge in [-0.15, -0.1) is 10.2 Å². The molecule has 1 aromatic rings. The van der Waals surface area contributed by atoms with Gasteiger partial charge in [0.2, 0.25) is 5.89 Å². The van der Waals surface area contributed by atoms with Crippen molar-refractivity contribution in [2.45, 2.75) is 40.5 Å². The molecule has 0 fully saturated rings. The molecule has 0 saturated carbocycles. The van der Waals surface area contributed by atoms with E-state index in [9.17, 15) is 0 Å². The molecule has 0 amide bonds. The summed E-state index contributed by atoms with van der Waals surface area (Å²) < 4.78 is 5.26. The Labute approximate surface area is 93.4 Å². The second-order valence-corrected chi connectivity index (χ2v) is 5.70. The Bertz CT molecular complexity index is 291. The van der Waals surface area contributed by atoms with E-state index in [0.717, 1.165) is 12.8 Å². The van der Waals surface area contributed by atoms with Crippen molar-refractivity contribution in [2.24, 2.45) is 11.3 Å². The summed E-state index contributed by atoms with van der Waals surface area (Å²) in [6, 6.07) is 0. The Balaban J connectivity index is 2.45. The van der Waals surface area contributed by atoms with Gasteiger partial charge in [-0.25, -0.2) is 0 Å². The Morgan fingerprint density at radius 2 is 2.00 bits per heavy atom. The molecule has 1 unspecified atom stereocenters. The lowest BCUT2D eigenvalue weighted by Gasteiger charge is -2.22. The van der Waals surface area contributed by atoms with E-state index in [1.807, 2.05) is 0 Å². The summed E-state index contributed by atoms with van der Waals surface area (Å²) in [4.78, 5) is 0.468. The summed E-state index contributed by atoms with van der Waals surface area (Å²) >= 11 is 3.14. The Morgan fingerprint density at radius 3 is 2.43 bits per heavy atom. The zero-order chi connectivity index (χ0) is 10.8. The van der Waals surface area contributed by atoms with E-state index in [1.165, 1.54) is 0 Å². The van der Waals surface area contributed by atoms with Crippen LogP contribution >= 0.6 is 15.9 Å². The molecule has 0 aliphatic carbocycles. The molecule has 4 heteroatoms. The van der Waals surface area contributed by atoms with Crippen LogP contribution in [0.2, 0.25) is 0 Å². The SMILES string of the molecule is CC(Cc1nnc(Br)o1)CC(C)(C)C. The molecule has 0 aromatic carbocycles. The van der Waals surface area contributed by atoms with Crippen molar-refractivity contribution in [1.82, 2.24) is 10.2 Å². The molecular formula is C10H17BrN2O. The minimum absolute atomic E-state index is 0.358. The molecule has 1 rings (SSSR count). The molecule has 1 aromatic heterocycles. The van der Waals surface area contributed by atoms with Crippen LogP contribution in [0.5, 0.6) is 0 Å².